The first-order valence-corrected chi connectivity index (χ1v) is 5.18. The number of nitrogens with zero attached hydrogens (tertiary/aromatic N) is 1. The Morgan fingerprint density at radius 1 is 1.19 bits per heavy atom. The molecule has 3 nitrogen and oxygen atoms in total. The van der Waals surface area contributed by atoms with Crippen LogP contribution in [-0.2, 0) is 4.74 Å². The zero-order valence-electron chi connectivity index (χ0n) is 9.19. The summed E-state index contributed by atoms with van der Waals surface area (Å²) in [4.78, 5) is 0. The van der Waals surface area contributed by atoms with Gasteiger partial charge in [-0.25, -0.2) is 0 Å². The van der Waals surface area contributed by atoms with E-state index in [2.05, 4.69) is 12.6 Å². The number of rotatable bonds is 7. The molecule has 1 aromatic carbocycles. The maximum absolute atomic E-state index is 8.61. The monoisotopic (exact) mass is 217 g/mol. The molecule has 0 radical (unpaired) electrons. The van der Waals surface area contributed by atoms with Crippen LogP contribution < -0.4 is 4.74 Å². The molecule has 0 aromatic heterocycles. The van der Waals surface area contributed by atoms with Gasteiger partial charge in [0.1, 0.15) is 12.4 Å². The Hall–Kier alpha value is -1.79. The largest absolute Gasteiger partial charge is 0.491 e. The molecule has 0 amide bonds. The summed E-state index contributed by atoms with van der Waals surface area (Å²) < 4.78 is 10.7. The minimum absolute atomic E-state index is 0.517. The van der Waals surface area contributed by atoms with Crippen molar-refractivity contribution in [1.82, 2.24) is 0 Å². The highest BCUT2D eigenvalue weighted by Crippen LogP contribution is 2.11. The topological polar surface area (TPSA) is 42.2 Å². The van der Waals surface area contributed by atoms with Gasteiger partial charge in [0.25, 0.3) is 0 Å². The first-order valence-electron chi connectivity index (χ1n) is 5.18. The van der Waals surface area contributed by atoms with Crippen molar-refractivity contribution in [2.75, 3.05) is 19.8 Å². The second kappa shape index (κ2) is 7.49. The summed E-state index contributed by atoms with van der Waals surface area (Å²) in [5.41, 5.74) is 0.634. The van der Waals surface area contributed by atoms with Crippen LogP contribution in [0.25, 0.3) is 0 Å². The fraction of sp³-hybridized carbons (Fsp3) is 0.308. The lowest BCUT2D eigenvalue weighted by Gasteiger charge is -2.06. The second-order valence-electron chi connectivity index (χ2n) is 3.17. The molecule has 0 aliphatic carbocycles. The van der Waals surface area contributed by atoms with Crippen LogP contribution in [0.5, 0.6) is 5.75 Å². The molecule has 0 saturated carbocycles. The second-order valence-corrected chi connectivity index (χ2v) is 3.17. The third-order valence-corrected chi connectivity index (χ3v) is 1.95. The maximum Gasteiger partial charge on any atom is 0.119 e. The molecule has 1 aromatic rings. The highest BCUT2D eigenvalue weighted by Gasteiger charge is 1.94. The van der Waals surface area contributed by atoms with Crippen molar-refractivity contribution in [3.05, 3.63) is 42.5 Å². The first-order chi connectivity index (χ1) is 7.86. The van der Waals surface area contributed by atoms with E-state index in [0.717, 1.165) is 12.2 Å². The zero-order valence-corrected chi connectivity index (χ0v) is 9.19. The van der Waals surface area contributed by atoms with Gasteiger partial charge in [-0.05, 0) is 30.7 Å². The van der Waals surface area contributed by atoms with Crippen molar-refractivity contribution < 1.29 is 9.47 Å². The van der Waals surface area contributed by atoms with Gasteiger partial charge >= 0.3 is 0 Å². The Bertz CT molecular complexity index is 351. The van der Waals surface area contributed by atoms with E-state index in [1.165, 1.54) is 0 Å². The average Bonchev–Trinajstić information content (AvgIpc) is 2.34. The van der Waals surface area contributed by atoms with Crippen LogP contribution in [-0.4, -0.2) is 19.8 Å². The lowest BCUT2D eigenvalue weighted by molar-refractivity contribution is 0.103. The molecule has 0 bridgehead atoms. The molecule has 0 aliphatic rings. The van der Waals surface area contributed by atoms with Crippen molar-refractivity contribution in [2.45, 2.75) is 6.42 Å². The molecular weight excluding hydrogens is 202 g/mol. The van der Waals surface area contributed by atoms with E-state index in [9.17, 15) is 0 Å². The average molecular weight is 217 g/mol. The Morgan fingerprint density at radius 2 is 1.94 bits per heavy atom. The molecule has 0 spiro atoms. The van der Waals surface area contributed by atoms with Gasteiger partial charge in [-0.3, -0.25) is 0 Å². The van der Waals surface area contributed by atoms with Crippen molar-refractivity contribution in [3.8, 4) is 11.8 Å². The van der Waals surface area contributed by atoms with E-state index in [0.29, 0.717) is 25.4 Å². The van der Waals surface area contributed by atoms with E-state index in [1.807, 2.05) is 6.08 Å². The van der Waals surface area contributed by atoms with Gasteiger partial charge in [0.15, 0.2) is 0 Å². The third kappa shape index (κ3) is 4.63. The molecule has 0 N–H and O–H groups in total. The number of nitriles is 1. The summed E-state index contributed by atoms with van der Waals surface area (Å²) in [7, 11) is 0. The van der Waals surface area contributed by atoms with Crippen molar-refractivity contribution in [1.29, 1.82) is 5.26 Å². The smallest absolute Gasteiger partial charge is 0.119 e. The van der Waals surface area contributed by atoms with Gasteiger partial charge in [-0.15, -0.1) is 6.58 Å². The third-order valence-electron chi connectivity index (χ3n) is 1.95. The van der Waals surface area contributed by atoms with Crippen molar-refractivity contribution >= 4 is 0 Å². The van der Waals surface area contributed by atoms with Crippen LogP contribution in [0.3, 0.4) is 0 Å². The van der Waals surface area contributed by atoms with E-state index < -0.39 is 0 Å². The predicted molar refractivity (Wildman–Crippen MR) is 62.3 cm³/mol. The van der Waals surface area contributed by atoms with Gasteiger partial charge in [-0.2, -0.15) is 5.26 Å². The highest BCUT2D eigenvalue weighted by atomic mass is 16.5. The minimum atomic E-state index is 0.517. The van der Waals surface area contributed by atoms with Crippen molar-refractivity contribution in [3.63, 3.8) is 0 Å². The van der Waals surface area contributed by atoms with Gasteiger partial charge in [0, 0.05) is 0 Å². The van der Waals surface area contributed by atoms with E-state index in [1.54, 1.807) is 24.3 Å². The normalized spacial score (nSPS) is 9.44. The first kappa shape index (κ1) is 12.3. The predicted octanol–water partition coefficient (Wildman–Crippen LogP) is 2.53. The molecule has 1 rings (SSSR count). The van der Waals surface area contributed by atoms with Gasteiger partial charge in [0.2, 0.25) is 0 Å². The molecule has 0 heterocycles. The SMILES string of the molecule is C=CCCOCCOc1ccc(C#N)cc1. The quantitative estimate of drug-likeness (QED) is 0.520. The lowest BCUT2D eigenvalue weighted by Crippen LogP contribution is -2.07. The fourth-order valence-corrected chi connectivity index (χ4v) is 1.11. The maximum atomic E-state index is 8.61. The summed E-state index contributed by atoms with van der Waals surface area (Å²) in [6.45, 7) is 5.37. The lowest BCUT2D eigenvalue weighted by atomic mass is 10.2. The van der Waals surface area contributed by atoms with Crippen molar-refractivity contribution in [2.24, 2.45) is 0 Å². The molecule has 16 heavy (non-hydrogen) atoms. The van der Waals surface area contributed by atoms with Gasteiger partial charge < -0.3 is 9.47 Å². The number of hydrogen-bond donors (Lipinski definition) is 0. The Labute approximate surface area is 95.9 Å². The molecular formula is C13H15NO2. The molecule has 0 unspecified atom stereocenters. The summed E-state index contributed by atoms with van der Waals surface area (Å²) in [6, 6.07) is 9.08. The molecule has 0 aliphatic heterocycles. The van der Waals surface area contributed by atoms with E-state index in [-0.39, 0.29) is 0 Å². The van der Waals surface area contributed by atoms with Crippen LogP contribution in [0.1, 0.15) is 12.0 Å². The fourth-order valence-electron chi connectivity index (χ4n) is 1.11. The van der Waals surface area contributed by atoms with Crippen LogP contribution in [0.4, 0.5) is 0 Å². The minimum Gasteiger partial charge on any atom is -0.491 e. The molecule has 0 fully saturated rings. The standard InChI is InChI=1S/C13H15NO2/c1-2-3-8-15-9-10-16-13-6-4-12(11-14)5-7-13/h2,4-7H,1,3,8-10H2. The zero-order chi connectivity index (χ0) is 11.6. The Balaban J connectivity index is 2.17. The number of benzene rings is 1. The van der Waals surface area contributed by atoms with Gasteiger partial charge in [-0.1, -0.05) is 6.08 Å². The summed E-state index contributed by atoms with van der Waals surface area (Å²) in [5, 5.41) is 8.61. The summed E-state index contributed by atoms with van der Waals surface area (Å²) >= 11 is 0. The van der Waals surface area contributed by atoms with Crippen LogP contribution >= 0.6 is 0 Å². The van der Waals surface area contributed by atoms with E-state index in [4.69, 9.17) is 14.7 Å². The molecule has 0 atom stereocenters. The molecule has 84 valence electrons. The number of ether oxygens (including phenoxy) is 2. The molecule has 3 heteroatoms. The Kier molecular flexibility index (Phi) is 5.75. The highest BCUT2D eigenvalue weighted by molar-refractivity contribution is 5.34. The van der Waals surface area contributed by atoms with E-state index >= 15 is 0 Å². The Morgan fingerprint density at radius 3 is 2.56 bits per heavy atom. The number of hydrogen-bond acceptors (Lipinski definition) is 3. The van der Waals surface area contributed by atoms with Crippen LogP contribution in [0.2, 0.25) is 0 Å². The summed E-state index contributed by atoms with van der Waals surface area (Å²) in [6.07, 6.45) is 2.68. The van der Waals surface area contributed by atoms with Crippen LogP contribution in [0, 0.1) is 11.3 Å². The van der Waals surface area contributed by atoms with Gasteiger partial charge in [0.05, 0.1) is 24.8 Å². The summed E-state index contributed by atoms with van der Waals surface area (Å²) in [5.74, 6) is 0.756. The van der Waals surface area contributed by atoms with Crippen LogP contribution in [0.15, 0.2) is 36.9 Å². The molecule has 0 saturated heterocycles.